The number of hydrogen-bond acceptors (Lipinski definition) is 5. The minimum atomic E-state index is -1.40. The zero-order valence-corrected chi connectivity index (χ0v) is 12.3. The van der Waals surface area contributed by atoms with E-state index in [9.17, 15) is 5.11 Å². The van der Waals surface area contributed by atoms with Gasteiger partial charge in [0.15, 0.2) is 10.5 Å². The van der Waals surface area contributed by atoms with Crippen molar-refractivity contribution in [3.8, 4) is 0 Å². The molecule has 1 spiro atoms. The van der Waals surface area contributed by atoms with Crippen LogP contribution < -0.4 is 0 Å². The Hall–Kier alpha value is 0.380. The van der Waals surface area contributed by atoms with Crippen LogP contribution in [-0.2, 0) is 18.9 Å². The van der Waals surface area contributed by atoms with Crippen LogP contribution in [0.15, 0.2) is 0 Å². The number of alkyl halides is 2. The minimum Gasteiger partial charge on any atom is -0.380 e. The van der Waals surface area contributed by atoms with Gasteiger partial charge in [0.1, 0.15) is 4.87 Å². The summed E-state index contributed by atoms with van der Waals surface area (Å²) in [4.78, 5) is -2.31. The standard InChI is InChI=1S/C12H16Cl2O5/c1-16-11(17-2)8(13)5-7-3-4-18-12(10(7,11)14)9(8,15)6-19-12/h7,15H,3-6H2,1-2H3/t7-,8+,9+,10+,12-/m0/s1. The summed E-state index contributed by atoms with van der Waals surface area (Å²) in [6.45, 7) is 0.560. The fourth-order valence-corrected chi connectivity index (χ4v) is 6.32. The van der Waals surface area contributed by atoms with Gasteiger partial charge in [0.05, 0.1) is 13.2 Å². The first kappa shape index (κ1) is 13.1. The number of halogens is 2. The van der Waals surface area contributed by atoms with Gasteiger partial charge in [0, 0.05) is 14.2 Å². The van der Waals surface area contributed by atoms with Crippen LogP contribution in [0.25, 0.3) is 0 Å². The highest BCUT2D eigenvalue weighted by Gasteiger charge is 3.00. The smallest absolute Gasteiger partial charge is 0.227 e. The average Bonchev–Trinajstić information content (AvgIpc) is 2.63. The highest BCUT2D eigenvalue weighted by Crippen LogP contribution is 2.80. The van der Waals surface area contributed by atoms with Gasteiger partial charge in [-0.15, -0.1) is 23.2 Å². The van der Waals surface area contributed by atoms with Crippen molar-refractivity contribution in [2.24, 2.45) is 5.92 Å². The van der Waals surface area contributed by atoms with Gasteiger partial charge in [-0.1, -0.05) is 0 Å². The number of rotatable bonds is 2. The Morgan fingerprint density at radius 1 is 1.21 bits per heavy atom. The van der Waals surface area contributed by atoms with Crippen LogP contribution in [0.4, 0.5) is 0 Å². The maximum atomic E-state index is 11.0. The van der Waals surface area contributed by atoms with E-state index in [2.05, 4.69) is 0 Å². The molecule has 2 aliphatic carbocycles. The molecule has 0 unspecified atom stereocenters. The lowest BCUT2D eigenvalue weighted by atomic mass is 9.68. The highest BCUT2D eigenvalue weighted by atomic mass is 35.5. The third kappa shape index (κ3) is 0.845. The molecule has 2 heterocycles. The van der Waals surface area contributed by atoms with Crippen LogP contribution in [0.1, 0.15) is 12.8 Å². The molecule has 0 aromatic carbocycles. The third-order valence-electron chi connectivity index (χ3n) is 5.60. The first-order valence-electron chi connectivity index (χ1n) is 6.37. The van der Waals surface area contributed by atoms with E-state index in [0.29, 0.717) is 13.0 Å². The van der Waals surface area contributed by atoms with Crippen molar-refractivity contribution >= 4 is 23.2 Å². The second kappa shape index (κ2) is 3.24. The molecule has 4 rings (SSSR count). The van der Waals surface area contributed by atoms with E-state index in [1.165, 1.54) is 14.2 Å². The van der Waals surface area contributed by atoms with Crippen LogP contribution in [0.5, 0.6) is 0 Å². The average molecular weight is 311 g/mol. The van der Waals surface area contributed by atoms with Crippen molar-refractivity contribution in [2.45, 2.75) is 39.8 Å². The second-order valence-electron chi connectivity index (χ2n) is 5.84. The first-order chi connectivity index (χ1) is 8.89. The predicted molar refractivity (Wildman–Crippen MR) is 66.2 cm³/mol. The number of fused-ring (bicyclic) bond motifs is 2. The van der Waals surface area contributed by atoms with Crippen molar-refractivity contribution in [3.63, 3.8) is 0 Å². The Labute approximate surface area is 121 Å². The molecular formula is C12H16Cl2O5. The summed E-state index contributed by atoms with van der Waals surface area (Å²) in [5.41, 5.74) is -1.40. The molecule has 4 aliphatic rings. The van der Waals surface area contributed by atoms with Crippen LogP contribution in [0.2, 0.25) is 0 Å². The van der Waals surface area contributed by atoms with E-state index in [1.54, 1.807) is 0 Å². The molecule has 5 atom stereocenters. The Morgan fingerprint density at radius 2 is 1.89 bits per heavy atom. The zero-order valence-electron chi connectivity index (χ0n) is 10.7. The molecule has 2 saturated carbocycles. The summed E-state index contributed by atoms with van der Waals surface area (Å²) >= 11 is 13.7. The van der Waals surface area contributed by atoms with Gasteiger partial charge in [-0.05, 0) is 18.8 Å². The number of hydrogen-bond donors (Lipinski definition) is 1. The lowest BCUT2D eigenvalue weighted by Gasteiger charge is -2.63. The monoisotopic (exact) mass is 310 g/mol. The molecule has 5 nitrogen and oxygen atoms in total. The van der Waals surface area contributed by atoms with Gasteiger partial charge in [-0.2, -0.15) is 0 Å². The Morgan fingerprint density at radius 3 is 2.42 bits per heavy atom. The maximum Gasteiger partial charge on any atom is 0.227 e. The van der Waals surface area contributed by atoms with Crippen LogP contribution in [0.3, 0.4) is 0 Å². The molecule has 4 fully saturated rings. The molecule has 0 radical (unpaired) electrons. The van der Waals surface area contributed by atoms with Crippen molar-refractivity contribution in [1.82, 2.24) is 0 Å². The first-order valence-corrected chi connectivity index (χ1v) is 7.13. The summed E-state index contributed by atoms with van der Waals surface area (Å²) in [5.74, 6) is -2.66. The maximum absolute atomic E-state index is 11.0. The highest BCUT2D eigenvalue weighted by molar-refractivity contribution is 6.33. The molecule has 2 saturated heterocycles. The van der Waals surface area contributed by atoms with Gasteiger partial charge in [0.25, 0.3) is 0 Å². The van der Waals surface area contributed by atoms with E-state index < -0.39 is 26.9 Å². The largest absolute Gasteiger partial charge is 0.380 e. The number of ether oxygens (including phenoxy) is 4. The van der Waals surface area contributed by atoms with Crippen LogP contribution in [-0.4, -0.2) is 59.5 Å². The summed E-state index contributed by atoms with van der Waals surface area (Å²) in [7, 11) is 2.98. The second-order valence-corrected chi connectivity index (χ2v) is 7.08. The summed E-state index contributed by atoms with van der Waals surface area (Å²) < 4.78 is 22.6. The minimum absolute atomic E-state index is 0.0147. The molecule has 2 aliphatic heterocycles. The molecule has 1 N–H and O–H groups in total. The Bertz CT molecular complexity index is 457. The molecular weight excluding hydrogens is 295 g/mol. The molecule has 0 aromatic heterocycles. The lowest BCUT2D eigenvalue weighted by Crippen LogP contribution is -2.82. The molecule has 0 aromatic rings. The lowest BCUT2D eigenvalue weighted by molar-refractivity contribution is -0.437. The predicted octanol–water partition coefficient (Wildman–Crippen LogP) is 0.842. The molecule has 2 bridgehead atoms. The van der Waals surface area contributed by atoms with Gasteiger partial charge in [0.2, 0.25) is 11.6 Å². The molecule has 0 amide bonds. The van der Waals surface area contributed by atoms with Crippen LogP contribution >= 0.6 is 23.2 Å². The Kier molecular flexibility index (Phi) is 2.23. The van der Waals surface area contributed by atoms with Crippen molar-refractivity contribution < 1.29 is 24.1 Å². The van der Waals surface area contributed by atoms with Gasteiger partial charge < -0.3 is 24.1 Å². The van der Waals surface area contributed by atoms with Crippen molar-refractivity contribution in [2.75, 3.05) is 27.4 Å². The number of methoxy groups -OCH3 is 2. The van der Waals surface area contributed by atoms with E-state index >= 15 is 0 Å². The Balaban J connectivity index is 2.03. The molecule has 19 heavy (non-hydrogen) atoms. The van der Waals surface area contributed by atoms with Crippen LogP contribution in [0, 0.1) is 5.92 Å². The zero-order chi connectivity index (χ0) is 13.7. The summed E-state index contributed by atoms with van der Waals surface area (Å²) in [5, 5.41) is 11.0. The van der Waals surface area contributed by atoms with E-state index in [-0.39, 0.29) is 12.5 Å². The van der Waals surface area contributed by atoms with E-state index in [0.717, 1.165) is 6.42 Å². The molecule has 7 heteroatoms. The van der Waals surface area contributed by atoms with E-state index in [1.807, 2.05) is 0 Å². The van der Waals surface area contributed by atoms with Gasteiger partial charge >= 0.3 is 0 Å². The number of aliphatic hydroxyl groups is 1. The third-order valence-corrected chi connectivity index (χ3v) is 7.12. The summed E-state index contributed by atoms with van der Waals surface area (Å²) in [6, 6.07) is 0. The molecule has 108 valence electrons. The van der Waals surface area contributed by atoms with E-state index in [4.69, 9.17) is 42.1 Å². The van der Waals surface area contributed by atoms with Crippen molar-refractivity contribution in [1.29, 1.82) is 0 Å². The quantitative estimate of drug-likeness (QED) is 0.605. The van der Waals surface area contributed by atoms with Gasteiger partial charge in [-0.25, -0.2) is 0 Å². The van der Waals surface area contributed by atoms with Gasteiger partial charge in [-0.3, -0.25) is 0 Å². The summed E-state index contributed by atoms with van der Waals surface area (Å²) in [6.07, 6.45) is 1.26. The SMILES string of the molecule is COC1(OC)[C@]2(Cl)[C@H]3CCO[C@@]24OC[C@@]4(O)[C@]1(Cl)C3. The van der Waals surface area contributed by atoms with Crippen molar-refractivity contribution in [3.05, 3.63) is 0 Å². The fourth-order valence-electron chi connectivity index (χ4n) is 4.84. The normalized spacial score (nSPS) is 60.8. The fraction of sp³-hybridized carbons (Fsp3) is 1.00. The topological polar surface area (TPSA) is 57.2 Å².